The van der Waals surface area contributed by atoms with Crippen LogP contribution in [0.3, 0.4) is 0 Å². The molecule has 140 valence electrons. The molecule has 1 aliphatic carbocycles. The fourth-order valence-corrected chi connectivity index (χ4v) is 5.43. The predicted octanol–water partition coefficient (Wildman–Crippen LogP) is 4.28. The molecule has 0 spiro atoms. The van der Waals surface area contributed by atoms with Crippen molar-refractivity contribution in [3.8, 4) is 0 Å². The monoisotopic (exact) mass is 440 g/mol. The summed E-state index contributed by atoms with van der Waals surface area (Å²) in [4.78, 5) is 38.8. The van der Waals surface area contributed by atoms with E-state index >= 15 is 0 Å². The Morgan fingerprint density at radius 2 is 1.67 bits per heavy atom. The summed E-state index contributed by atoms with van der Waals surface area (Å²) >= 11 is 18.4. The number of fused-ring (bicyclic) bond motifs is 1. The van der Waals surface area contributed by atoms with Crippen molar-refractivity contribution in [2.45, 2.75) is 25.7 Å². The summed E-state index contributed by atoms with van der Waals surface area (Å²) in [7, 11) is 0. The van der Waals surface area contributed by atoms with Crippen molar-refractivity contribution in [2.75, 3.05) is 0 Å². The molecule has 4 rings (SSSR count). The molecule has 1 aromatic carbocycles. The van der Waals surface area contributed by atoms with E-state index in [1.807, 2.05) is 0 Å². The van der Waals surface area contributed by atoms with Gasteiger partial charge in [0.15, 0.2) is 4.32 Å². The van der Waals surface area contributed by atoms with Crippen LogP contribution < -0.4 is 0 Å². The van der Waals surface area contributed by atoms with Crippen LogP contribution in [0.15, 0.2) is 23.1 Å². The van der Waals surface area contributed by atoms with Crippen molar-refractivity contribution in [1.29, 1.82) is 0 Å². The first kappa shape index (κ1) is 18.9. The lowest BCUT2D eigenvalue weighted by Gasteiger charge is -2.24. The molecule has 2 heterocycles. The van der Waals surface area contributed by atoms with Gasteiger partial charge in [-0.15, -0.1) is 0 Å². The third kappa shape index (κ3) is 3.20. The molecule has 0 aromatic heterocycles. The van der Waals surface area contributed by atoms with Gasteiger partial charge in [-0.1, -0.05) is 53.9 Å². The molecule has 2 saturated heterocycles. The number of rotatable bonds is 2. The minimum atomic E-state index is -0.489. The number of halogens is 2. The van der Waals surface area contributed by atoms with E-state index in [4.69, 9.17) is 35.4 Å². The van der Waals surface area contributed by atoms with Crippen LogP contribution in [-0.4, -0.2) is 32.1 Å². The fraction of sp³-hybridized carbons (Fsp3) is 0.333. The van der Waals surface area contributed by atoms with Gasteiger partial charge in [-0.3, -0.25) is 14.4 Å². The van der Waals surface area contributed by atoms with Gasteiger partial charge in [-0.2, -0.15) is 10.0 Å². The summed E-state index contributed by atoms with van der Waals surface area (Å²) in [5, 5.41) is 2.88. The maximum absolute atomic E-state index is 12.9. The summed E-state index contributed by atoms with van der Waals surface area (Å²) in [6.45, 7) is 0. The van der Waals surface area contributed by atoms with E-state index in [2.05, 4.69) is 0 Å². The Kier molecular flexibility index (Phi) is 5.05. The first-order valence-electron chi connectivity index (χ1n) is 8.49. The number of thiocarbonyl (C=S) groups is 1. The first-order valence-corrected chi connectivity index (χ1v) is 10.5. The zero-order chi connectivity index (χ0) is 19.3. The average Bonchev–Trinajstić information content (AvgIpc) is 3.04. The summed E-state index contributed by atoms with van der Waals surface area (Å²) in [6.07, 6.45) is 4.78. The van der Waals surface area contributed by atoms with Crippen molar-refractivity contribution < 1.29 is 14.4 Å². The molecule has 0 N–H and O–H groups in total. The SMILES string of the molecule is O=C1/C(=C/c2ccc(Cl)cc2Cl)SC(=S)N1N1C(=O)C2CCCCC2C1=O. The predicted molar refractivity (Wildman–Crippen MR) is 109 cm³/mol. The lowest BCUT2D eigenvalue weighted by Crippen LogP contribution is -2.49. The van der Waals surface area contributed by atoms with Gasteiger partial charge in [-0.25, -0.2) is 0 Å². The number of hydrazine groups is 1. The van der Waals surface area contributed by atoms with E-state index in [1.54, 1.807) is 24.3 Å². The molecule has 5 nitrogen and oxygen atoms in total. The van der Waals surface area contributed by atoms with Gasteiger partial charge in [0.2, 0.25) is 0 Å². The van der Waals surface area contributed by atoms with Crippen molar-refractivity contribution in [1.82, 2.24) is 10.0 Å². The lowest BCUT2D eigenvalue weighted by atomic mass is 9.81. The van der Waals surface area contributed by atoms with E-state index in [0.717, 1.165) is 34.6 Å². The second-order valence-corrected chi connectivity index (χ2v) is 9.16. The molecule has 9 heteroatoms. The van der Waals surface area contributed by atoms with Crippen LogP contribution in [0.4, 0.5) is 0 Å². The molecule has 27 heavy (non-hydrogen) atoms. The quantitative estimate of drug-likeness (QED) is 0.390. The molecule has 2 aliphatic heterocycles. The van der Waals surface area contributed by atoms with E-state index in [-0.39, 0.29) is 28.0 Å². The Morgan fingerprint density at radius 3 is 2.26 bits per heavy atom. The molecule has 1 aromatic rings. The third-order valence-electron chi connectivity index (χ3n) is 5.04. The van der Waals surface area contributed by atoms with E-state index in [1.165, 1.54) is 0 Å². The van der Waals surface area contributed by atoms with Gasteiger partial charge in [-0.05, 0) is 48.8 Å². The summed E-state index contributed by atoms with van der Waals surface area (Å²) in [5.74, 6) is -1.83. The fourth-order valence-electron chi connectivity index (χ4n) is 3.73. The number of carbonyl (C=O) groups excluding carboxylic acids is 3. The normalized spacial score (nSPS) is 27.1. The standard InChI is InChI=1S/C18H14Cl2N2O3S2/c19-10-6-5-9(13(20)8-10)7-14-17(25)22(18(26)27-14)21-15(23)11-3-1-2-4-12(11)16(21)24/h5-8,11-12H,1-4H2/b14-7-. The largest absolute Gasteiger partial charge is 0.285 e. The highest BCUT2D eigenvalue weighted by Gasteiger charge is 2.54. The number of benzene rings is 1. The molecule has 3 aliphatic rings. The average molecular weight is 441 g/mol. The van der Waals surface area contributed by atoms with E-state index in [0.29, 0.717) is 33.4 Å². The molecule has 3 amide bonds. The van der Waals surface area contributed by atoms with Crippen molar-refractivity contribution in [2.24, 2.45) is 11.8 Å². The Morgan fingerprint density at radius 1 is 1.04 bits per heavy atom. The summed E-state index contributed by atoms with van der Waals surface area (Å²) in [5.41, 5.74) is 0.606. The third-order valence-corrected chi connectivity index (χ3v) is 6.89. The molecule has 1 saturated carbocycles. The second-order valence-electron chi connectivity index (χ2n) is 6.65. The molecule has 0 radical (unpaired) electrons. The van der Waals surface area contributed by atoms with Crippen molar-refractivity contribution >= 4 is 75.3 Å². The van der Waals surface area contributed by atoms with Gasteiger partial charge in [0.05, 0.1) is 16.7 Å². The zero-order valence-corrected chi connectivity index (χ0v) is 17.1. The number of hydrogen-bond acceptors (Lipinski definition) is 5. The highest BCUT2D eigenvalue weighted by molar-refractivity contribution is 8.26. The zero-order valence-electron chi connectivity index (χ0n) is 14.0. The molecule has 2 atom stereocenters. The lowest BCUT2D eigenvalue weighted by molar-refractivity contribution is -0.158. The van der Waals surface area contributed by atoms with Gasteiger partial charge < -0.3 is 0 Å². The maximum atomic E-state index is 12.9. The topological polar surface area (TPSA) is 57.7 Å². The number of carbonyl (C=O) groups is 3. The van der Waals surface area contributed by atoms with Crippen LogP contribution in [0.25, 0.3) is 6.08 Å². The molecular weight excluding hydrogens is 427 g/mol. The first-order chi connectivity index (χ1) is 12.9. The Bertz CT molecular complexity index is 894. The van der Waals surface area contributed by atoms with Crippen LogP contribution in [-0.2, 0) is 14.4 Å². The van der Waals surface area contributed by atoms with Crippen molar-refractivity contribution in [3.63, 3.8) is 0 Å². The second kappa shape index (κ2) is 7.20. The smallest absolute Gasteiger partial charge is 0.272 e. The minimum Gasteiger partial charge on any atom is -0.272 e. The van der Waals surface area contributed by atoms with E-state index < -0.39 is 5.91 Å². The van der Waals surface area contributed by atoms with Crippen LogP contribution in [0.1, 0.15) is 31.2 Å². The summed E-state index contributed by atoms with van der Waals surface area (Å²) < 4.78 is 0.164. The minimum absolute atomic E-state index is 0.164. The Hall–Kier alpha value is -1.41. The van der Waals surface area contributed by atoms with E-state index in [9.17, 15) is 14.4 Å². The van der Waals surface area contributed by atoms with Crippen LogP contribution in [0.2, 0.25) is 10.0 Å². The molecule has 0 bridgehead atoms. The number of hydrogen-bond donors (Lipinski definition) is 0. The van der Waals surface area contributed by atoms with Gasteiger partial charge in [0.25, 0.3) is 17.7 Å². The number of imide groups is 1. The van der Waals surface area contributed by atoms with Gasteiger partial charge in [0, 0.05) is 10.0 Å². The van der Waals surface area contributed by atoms with Crippen LogP contribution in [0.5, 0.6) is 0 Å². The number of thioether (sulfide) groups is 1. The maximum Gasteiger partial charge on any atom is 0.285 e. The van der Waals surface area contributed by atoms with Crippen LogP contribution in [0, 0.1) is 11.8 Å². The summed E-state index contributed by atoms with van der Waals surface area (Å²) in [6, 6.07) is 4.93. The highest BCUT2D eigenvalue weighted by Crippen LogP contribution is 2.42. The molecular formula is C18H14Cl2N2O3S2. The van der Waals surface area contributed by atoms with Crippen LogP contribution >= 0.6 is 47.2 Å². The number of nitrogens with zero attached hydrogens (tertiary/aromatic N) is 2. The number of amides is 3. The Balaban J connectivity index is 1.64. The van der Waals surface area contributed by atoms with Gasteiger partial charge >= 0.3 is 0 Å². The molecule has 3 fully saturated rings. The molecule has 2 unspecified atom stereocenters. The Labute approximate surface area is 175 Å². The van der Waals surface area contributed by atoms with Gasteiger partial charge in [0.1, 0.15) is 0 Å². The highest BCUT2D eigenvalue weighted by atomic mass is 35.5. The van der Waals surface area contributed by atoms with Crippen molar-refractivity contribution in [3.05, 3.63) is 38.7 Å².